The summed E-state index contributed by atoms with van der Waals surface area (Å²) in [4.78, 5) is 0. The summed E-state index contributed by atoms with van der Waals surface area (Å²) in [6.07, 6.45) is 5.75. The second kappa shape index (κ2) is 7.10. The first-order chi connectivity index (χ1) is 5.68. The third-order valence-electron chi connectivity index (χ3n) is 1.94. The number of aliphatic hydroxyl groups excluding tert-OH is 1. The van der Waals surface area contributed by atoms with Gasteiger partial charge in [-0.2, -0.15) is 0 Å². The fourth-order valence-corrected chi connectivity index (χ4v) is 1.10. The highest BCUT2D eigenvalue weighted by atomic mass is 16.3. The molecule has 0 bridgehead atoms. The van der Waals surface area contributed by atoms with Gasteiger partial charge in [0.05, 0.1) is 0 Å². The molecule has 0 aromatic rings. The Morgan fingerprint density at radius 3 is 2.42 bits per heavy atom. The lowest BCUT2D eigenvalue weighted by molar-refractivity contribution is 0.223. The van der Waals surface area contributed by atoms with Crippen molar-refractivity contribution in [3.8, 4) is 0 Å². The van der Waals surface area contributed by atoms with Crippen LogP contribution in [0.4, 0.5) is 0 Å². The molecule has 0 aliphatic rings. The van der Waals surface area contributed by atoms with Crippen LogP contribution in [0.3, 0.4) is 0 Å². The number of nitrogens with one attached hydrogen (secondary N) is 1. The molecule has 0 fully saturated rings. The molecule has 0 aliphatic carbocycles. The average molecular weight is 172 g/mol. The van der Waals surface area contributed by atoms with Crippen LogP contribution < -0.4 is 5.73 Å². The Hall–Kier alpha value is -0.570. The second-order valence-corrected chi connectivity index (χ2v) is 3.17. The van der Waals surface area contributed by atoms with E-state index in [2.05, 4.69) is 6.92 Å². The molecule has 3 heteroatoms. The minimum absolute atomic E-state index is 0.106. The first-order valence-corrected chi connectivity index (χ1v) is 4.70. The highest BCUT2D eigenvalue weighted by molar-refractivity contribution is 5.81. The van der Waals surface area contributed by atoms with Crippen LogP contribution in [0.1, 0.15) is 45.4 Å². The first kappa shape index (κ1) is 11.4. The van der Waals surface area contributed by atoms with Crippen molar-refractivity contribution in [1.29, 1.82) is 5.41 Å². The number of rotatable bonds is 7. The SMILES string of the molecule is CCCCCCCC(O)C(=N)N. The van der Waals surface area contributed by atoms with E-state index in [1.54, 1.807) is 0 Å². The van der Waals surface area contributed by atoms with Crippen LogP contribution in [0.5, 0.6) is 0 Å². The third-order valence-corrected chi connectivity index (χ3v) is 1.94. The van der Waals surface area contributed by atoms with Crippen molar-refractivity contribution >= 4 is 5.84 Å². The molecule has 72 valence electrons. The second-order valence-electron chi connectivity index (χ2n) is 3.17. The van der Waals surface area contributed by atoms with Crippen molar-refractivity contribution in [1.82, 2.24) is 0 Å². The molecule has 0 aromatic heterocycles. The summed E-state index contributed by atoms with van der Waals surface area (Å²) in [6, 6.07) is 0. The molecule has 0 spiro atoms. The molecule has 0 saturated carbocycles. The fourth-order valence-electron chi connectivity index (χ4n) is 1.10. The summed E-state index contributed by atoms with van der Waals surface area (Å²) in [6.45, 7) is 2.17. The Labute approximate surface area is 74.5 Å². The number of hydrogen-bond donors (Lipinski definition) is 3. The topological polar surface area (TPSA) is 70.1 Å². The van der Waals surface area contributed by atoms with Gasteiger partial charge in [0.1, 0.15) is 11.9 Å². The zero-order chi connectivity index (χ0) is 9.40. The predicted molar refractivity (Wildman–Crippen MR) is 51.3 cm³/mol. The van der Waals surface area contributed by atoms with Gasteiger partial charge in [0, 0.05) is 0 Å². The van der Waals surface area contributed by atoms with Gasteiger partial charge < -0.3 is 10.8 Å². The lowest BCUT2D eigenvalue weighted by Crippen LogP contribution is -2.27. The number of hydrogen-bond acceptors (Lipinski definition) is 2. The Balaban J connectivity index is 3.14. The van der Waals surface area contributed by atoms with Crippen molar-refractivity contribution < 1.29 is 5.11 Å². The smallest absolute Gasteiger partial charge is 0.120 e. The van der Waals surface area contributed by atoms with E-state index in [0.717, 1.165) is 12.8 Å². The third kappa shape index (κ3) is 6.16. The lowest BCUT2D eigenvalue weighted by atomic mass is 10.1. The molecule has 0 aliphatic heterocycles. The maximum atomic E-state index is 9.13. The summed E-state index contributed by atoms with van der Waals surface area (Å²) >= 11 is 0. The maximum absolute atomic E-state index is 9.13. The molecule has 0 heterocycles. The van der Waals surface area contributed by atoms with E-state index in [4.69, 9.17) is 16.2 Å². The zero-order valence-corrected chi connectivity index (χ0v) is 7.84. The van der Waals surface area contributed by atoms with Gasteiger partial charge >= 0.3 is 0 Å². The van der Waals surface area contributed by atoms with E-state index < -0.39 is 6.10 Å². The summed E-state index contributed by atoms with van der Waals surface area (Å²) in [5, 5.41) is 16.1. The van der Waals surface area contributed by atoms with Crippen LogP contribution in [0.15, 0.2) is 0 Å². The Bertz CT molecular complexity index is 126. The van der Waals surface area contributed by atoms with Crippen molar-refractivity contribution in [2.45, 2.75) is 51.6 Å². The van der Waals surface area contributed by atoms with Crippen LogP contribution in [0.25, 0.3) is 0 Å². The summed E-state index contributed by atoms with van der Waals surface area (Å²) in [7, 11) is 0. The molecule has 1 unspecified atom stereocenters. The summed E-state index contributed by atoms with van der Waals surface area (Å²) < 4.78 is 0. The molecule has 0 rings (SSSR count). The average Bonchev–Trinajstić information content (AvgIpc) is 2.03. The van der Waals surface area contributed by atoms with Crippen molar-refractivity contribution in [3.63, 3.8) is 0 Å². The number of amidine groups is 1. The Morgan fingerprint density at radius 2 is 1.92 bits per heavy atom. The molecule has 4 N–H and O–H groups in total. The van der Waals surface area contributed by atoms with Crippen molar-refractivity contribution in [2.75, 3.05) is 0 Å². The van der Waals surface area contributed by atoms with Crippen molar-refractivity contribution in [3.05, 3.63) is 0 Å². The van der Waals surface area contributed by atoms with Gasteiger partial charge in [-0.1, -0.05) is 39.0 Å². The van der Waals surface area contributed by atoms with Gasteiger partial charge in [0.15, 0.2) is 0 Å². The minimum atomic E-state index is -0.716. The standard InChI is InChI=1S/C9H20N2O/c1-2-3-4-5-6-7-8(12)9(10)11/h8,12H,2-7H2,1H3,(H3,10,11). The molecule has 12 heavy (non-hydrogen) atoms. The lowest BCUT2D eigenvalue weighted by Gasteiger charge is -2.07. The normalized spacial score (nSPS) is 12.8. The van der Waals surface area contributed by atoms with E-state index in [1.807, 2.05) is 0 Å². The number of aliphatic hydroxyl groups is 1. The number of nitrogens with two attached hydrogens (primary N) is 1. The molecule has 0 amide bonds. The highest BCUT2D eigenvalue weighted by Gasteiger charge is 2.05. The Kier molecular flexibility index (Phi) is 6.76. The molecule has 0 radical (unpaired) electrons. The minimum Gasteiger partial charge on any atom is -0.385 e. The van der Waals surface area contributed by atoms with Crippen LogP contribution in [-0.2, 0) is 0 Å². The first-order valence-electron chi connectivity index (χ1n) is 4.70. The van der Waals surface area contributed by atoms with Gasteiger partial charge in [-0.25, -0.2) is 0 Å². The van der Waals surface area contributed by atoms with E-state index in [-0.39, 0.29) is 5.84 Å². The van der Waals surface area contributed by atoms with Crippen LogP contribution in [0.2, 0.25) is 0 Å². The van der Waals surface area contributed by atoms with Gasteiger partial charge in [-0.05, 0) is 6.42 Å². The van der Waals surface area contributed by atoms with Crippen LogP contribution in [-0.4, -0.2) is 17.0 Å². The molecule has 0 aromatic carbocycles. The van der Waals surface area contributed by atoms with Crippen molar-refractivity contribution in [2.24, 2.45) is 5.73 Å². The van der Waals surface area contributed by atoms with Crippen LogP contribution in [0, 0.1) is 5.41 Å². The van der Waals surface area contributed by atoms with Crippen LogP contribution >= 0.6 is 0 Å². The highest BCUT2D eigenvalue weighted by Crippen LogP contribution is 2.06. The predicted octanol–water partition coefficient (Wildman–Crippen LogP) is 1.64. The largest absolute Gasteiger partial charge is 0.385 e. The van der Waals surface area contributed by atoms with E-state index >= 15 is 0 Å². The Morgan fingerprint density at radius 1 is 1.33 bits per heavy atom. The van der Waals surface area contributed by atoms with Gasteiger partial charge in [-0.15, -0.1) is 0 Å². The zero-order valence-electron chi connectivity index (χ0n) is 7.84. The maximum Gasteiger partial charge on any atom is 0.120 e. The molecular formula is C9H20N2O. The van der Waals surface area contributed by atoms with Gasteiger partial charge in [0.2, 0.25) is 0 Å². The van der Waals surface area contributed by atoms with E-state index in [1.165, 1.54) is 19.3 Å². The van der Waals surface area contributed by atoms with Gasteiger partial charge in [-0.3, -0.25) is 5.41 Å². The van der Waals surface area contributed by atoms with E-state index in [0.29, 0.717) is 6.42 Å². The van der Waals surface area contributed by atoms with Gasteiger partial charge in [0.25, 0.3) is 0 Å². The molecular weight excluding hydrogens is 152 g/mol. The molecule has 3 nitrogen and oxygen atoms in total. The summed E-state index contributed by atoms with van der Waals surface area (Å²) in [5.41, 5.74) is 5.11. The quantitative estimate of drug-likeness (QED) is 0.310. The molecule has 1 atom stereocenters. The number of unbranched alkanes of at least 4 members (excludes halogenated alkanes) is 4. The monoisotopic (exact) mass is 172 g/mol. The van der Waals surface area contributed by atoms with E-state index in [9.17, 15) is 0 Å². The fraction of sp³-hybridized carbons (Fsp3) is 0.889. The summed E-state index contributed by atoms with van der Waals surface area (Å²) in [5.74, 6) is -0.106. The molecule has 0 saturated heterocycles.